The number of rotatable bonds is 5. The van der Waals surface area contributed by atoms with Crippen molar-refractivity contribution in [3.63, 3.8) is 0 Å². The van der Waals surface area contributed by atoms with Crippen LogP contribution >= 0.6 is 0 Å². The van der Waals surface area contributed by atoms with Crippen LogP contribution in [-0.4, -0.2) is 32.9 Å². The number of methoxy groups -OCH3 is 1. The van der Waals surface area contributed by atoms with Crippen LogP contribution in [0.2, 0.25) is 0 Å². The van der Waals surface area contributed by atoms with E-state index in [9.17, 15) is 8.42 Å². The SMILES string of the molecule is CCN(CC)S(=O)(=O)c1c(C)cc(C)cc1OC. The van der Waals surface area contributed by atoms with E-state index in [1.165, 1.54) is 11.4 Å². The molecule has 4 nitrogen and oxygen atoms in total. The first-order valence-electron chi connectivity index (χ1n) is 6.03. The minimum Gasteiger partial charge on any atom is -0.495 e. The molecule has 5 heteroatoms. The van der Waals surface area contributed by atoms with Crippen molar-refractivity contribution in [3.8, 4) is 5.75 Å². The van der Waals surface area contributed by atoms with Gasteiger partial charge in [-0.3, -0.25) is 0 Å². The van der Waals surface area contributed by atoms with Gasteiger partial charge < -0.3 is 4.74 Å². The maximum Gasteiger partial charge on any atom is 0.247 e. The van der Waals surface area contributed by atoms with Crippen molar-refractivity contribution in [2.75, 3.05) is 20.2 Å². The Hall–Kier alpha value is -1.07. The van der Waals surface area contributed by atoms with Gasteiger partial charge in [-0.15, -0.1) is 0 Å². The largest absolute Gasteiger partial charge is 0.495 e. The summed E-state index contributed by atoms with van der Waals surface area (Å²) >= 11 is 0. The minimum atomic E-state index is -3.48. The first-order valence-corrected chi connectivity index (χ1v) is 7.47. The maximum atomic E-state index is 12.6. The monoisotopic (exact) mass is 271 g/mol. The third kappa shape index (κ3) is 2.67. The van der Waals surface area contributed by atoms with Crippen LogP contribution in [0.3, 0.4) is 0 Å². The summed E-state index contributed by atoms with van der Waals surface area (Å²) in [6, 6.07) is 3.61. The Morgan fingerprint density at radius 1 is 1.17 bits per heavy atom. The van der Waals surface area contributed by atoms with Crippen LogP contribution in [0.15, 0.2) is 17.0 Å². The second-order valence-electron chi connectivity index (χ2n) is 4.20. The van der Waals surface area contributed by atoms with Crippen molar-refractivity contribution in [3.05, 3.63) is 23.3 Å². The van der Waals surface area contributed by atoms with E-state index < -0.39 is 10.0 Å². The van der Waals surface area contributed by atoms with Crippen LogP contribution in [0, 0.1) is 13.8 Å². The van der Waals surface area contributed by atoms with Crippen LogP contribution in [0.1, 0.15) is 25.0 Å². The van der Waals surface area contributed by atoms with Crippen molar-refractivity contribution in [1.29, 1.82) is 0 Å². The average molecular weight is 271 g/mol. The molecule has 1 aromatic carbocycles. The molecule has 0 aliphatic carbocycles. The summed E-state index contributed by atoms with van der Waals surface area (Å²) in [6.45, 7) is 8.29. The fourth-order valence-electron chi connectivity index (χ4n) is 2.09. The summed E-state index contributed by atoms with van der Waals surface area (Å²) < 4.78 is 31.8. The molecule has 0 aliphatic rings. The van der Waals surface area contributed by atoms with Gasteiger partial charge in [-0.05, 0) is 31.0 Å². The molecule has 0 saturated carbocycles. The van der Waals surface area contributed by atoms with Crippen LogP contribution in [-0.2, 0) is 10.0 Å². The summed E-state index contributed by atoms with van der Waals surface area (Å²) in [4.78, 5) is 0.277. The molecule has 1 rings (SSSR count). The van der Waals surface area contributed by atoms with Crippen molar-refractivity contribution >= 4 is 10.0 Å². The predicted molar refractivity (Wildman–Crippen MR) is 72.6 cm³/mol. The number of benzene rings is 1. The second-order valence-corrected chi connectivity index (χ2v) is 6.08. The number of hydrogen-bond acceptors (Lipinski definition) is 3. The lowest BCUT2D eigenvalue weighted by Gasteiger charge is -2.21. The van der Waals surface area contributed by atoms with Crippen molar-refractivity contribution in [2.45, 2.75) is 32.6 Å². The van der Waals surface area contributed by atoms with Gasteiger partial charge in [0.15, 0.2) is 0 Å². The van der Waals surface area contributed by atoms with Gasteiger partial charge >= 0.3 is 0 Å². The molecule has 0 aliphatic heterocycles. The highest BCUT2D eigenvalue weighted by Crippen LogP contribution is 2.31. The smallest absolute Gasteiger partial charge is 0.247 e. The minimum absolute atomic E-state index is 0.277. The summed E-state index contributed by atoms with van der Waals surface area (Å²) in [5, 5.41) is 0. The van der Waals surface area contributed by atoms with Gasteiger partial charge in [-0.25, -0.2) is 8.42 Å². The van der Waals surface area contributed by atoms with E-state index >= 15 is 0 Å². The Morgan fingerprint density at radius 3 is 2.17 bits per heavy atom. The maximum absolute atomic E-state index is 12.6. The Labute approximate surface area is 110 Å². The molecule has 0 amide bonds. The predicted octanol–water partition coefficient (Wildman–Crippen LogP) is 2.34. The molecule has 0 heterocycles. The second kappa shape index (κ2) is 5.71. The van der Waals surface area contributed by atoms with E-state index in [1.807, 2.05) is 26.8 Å². The van der Waals surface area contributed by atoms with E-state index in [-0.39, 0.29) is 4.90 Å². The Balaban J connectivity index is 3.49. The van der Waals surface area contributed by atoms with E-state index in [0.717, 1.165) is 11.1 Å². The highest BCUT2D eigenvalue weighted by molar-refractivity contribution is 7.89. The summed E-state index contributed by atoms with van der Waals surface area (Å²) in [6.07, 6.45) is 0. The molecule has 0 aromatic heterocycles. The summed E-state index contributed by atoms with van der Waals surface area (Å²) in [7, 11) is -1.99. The third-order valence-corrected chi connectivity index (χ3v) is 5.14. The average Bonchev–Trinajstić information content (AvgIpc) is 2.28. The van der Waals surface area contributed by atoms with Crippen LogP contribution in [0.4, 0.5) is 0 Å². The Bertz CT molecular complexity index is 519. The highest BCUT2D eigenvalue weighted by atomic mass is 32.2. The topological polar surface area (TPSA) is 46.6 Å². The third-order valence-electron chi connectivity index (χ3n) is 2.91. The number of ether oxygens (including phenoxy) is 1. The van der Waals surface area contributed by atoms with Gasteiger partial charge in [-0.2, -0.15) is 4.31 Å². The molecule has 102 valence electrons. The molecular weight excluding hydrogens is 250 g/mol. The van der Waals surface area contributed by atoms with Crippen molar-refractivity contribution < 1.29 is 13.2 Å². The van der Waals surface area contributed by atoms with Crippen molar-refractivity contribution in [2.24, 2.45) is 0 Å². The fourth-order valence-corrected chi connectivity index (χ4v) is 3.89. The fraction of sp³-hybridized carbons (Fsp3) is 0.538. The molecule has 18 heavy (non-hydrogen) atoms. The Kier molecular flexibility index (Phi) is 4.76. The summed E-state index contributed by atoms with van der Waals surface area (Å²) in [5.74, 6) is 0.416. The van der Waals surface area contributed by atoms with Crippen LogP contribution in [0.5, 0.6) is 5.75 Å². The number of nitrogens with zero attached hydrogens (tertiary/aromatic N) is 1. The quantitative estimate of drug-likeness (QED) is 0.826. The molecule has 0 saturated heterocycles. The molecular formula is C13H21NO3S. The normalized spacial score (nSPS) is 11.9. The van der Waals surface area contributed by atoms with E-state index in [0.29, 0.717) is 18.8 Å². The summed E-state index contributed by atoms with van der Waals surface area (Å²) in [5.41, 5.74) is 1.71. The highest BCUT2D eigenvalue weighted by Gasteiger charge is 2.27. The number of sulfonamides is 1. The van der Waals surface area contributed by atoms with Gasteiger partial charge in [0.25, 0.3) is 0 Å². The van der Waals surface area contributed by atoms with Crippen LogP contribution < -0.4 is 4.74 Å². The lowest BCUT2D eigenvalue weighted by atomic mass is 10.1. The molecule has 0 radical (unpaired) electrons. The van der Waals surface area contributed by atoms with Gasteiger partial charge in [0.1, 0.15) is 10.6 Å². The number of hydrogen-bond donors (Lipinski definition) is 0. The van der Waals surface area contributed by atoms with Gasteiger partial charge in [0.2, 0.25) is 10.0 Å². The zero-order valence-corrected chi connectivity index (χ0v) is 12.5. The van der Waals surface area contributed by atoms with E-state index in [4.69, 9.17) is 4.74 Å². The van der Waals surface area contributed by atoms with Gasteiger partial charge in [0.05, 0.1) is 7.11 Å². The van der Waals surface area contributed by atoms with Crippen molar-refractivity contribution in [1.82, 2.24) is 4.31 Å². The molecule has 0 unspecified atom stereocenters. The molecule has 0 spiro atoms. The van der Waals surface area contributed by atoms with E-state index in [2.05, 4.69) is 0 Å². The van der Waals surface area contributed by atoms with Gasteiger partial charge in [0, 0.05) is 13.1 Å². The first-order chi connectivity index (χ1) is 8.38. The molecule has 0 bridgehead atoms. The van der Waals surface area contributed by atoms with E-state index in [1.54, 1.807) is 13.0 Å². The molecule has 0 N–H and O–H groups in total. The lowest BCUT2D eigenvalue weighted by molar-refractivity contribution is 0.394. The first kappa shape index (κ1) is 15.0. The number of aryl methyl sites for hydroxylation is 2. The Morgan fingerprint density at radius 2 is 1.72 bits per heavy atom. The van der Waals surface area contributed by atoms with Crippen LogP contribution in [0.25, 0.3) is 0 Å². The molecule has 0 atom stereocenters. The molecule has 1 aromatic rings. The standard InChI is InChI=1S/C13H21NO3S/c1-6-14(7-2)18(15,16)13-11(4)8-10(3)9-12(13)17-5/h8-9H,6-7H2,1-5H3. The lowest BCUT2D eigenvalue weighted by Crippen LogP contribution is -2.31. The zero-order valence-electron chi connectivity index (χ0n) is 11.6. The molecule has 0 fully saturated rings. The zero-order chi connectivity index (χ0) is 13.9. The van der Waals surface area contributed by atoms with Gasteiger partial charge in [-0.1, -0.05) is 19.9 Å².